The first-order chi connectivity index (χ1) is 15.0. The molecule has 1 amide bonds. The lowest BCUT2D eigenvalue weighted by Gasteiger charge is -2.08. The van der Waals surface area contributed by atoms with Crippen LogP contribution >= 0.6 is 11.6 Å². The molecule has 0 fully saturated rings. The number of aromatic nitrogens is 4. The van der Waals surface area contributed by atoms with Gasteiger partial charge >= 0.3 is 0 Å². The molecule has 2 aromatic carbocycles. The van der Waals surface area contributed by atoms with Gasteiger partial charge in [0, 0.05) is 11.6 Å². The first kappa shape index (κ1) is 20.7. The fourth-order valence-electron chi connectivity index (χ4n) is 3.24. The molecule has 0 saturated heterocycles. The van der Waals surface area contributed by atoms with Gasteiger partial charge in [-0.1, -0.05) is 41.9 Å². The van der Waals surface area contributed by atoms with E-state index in [2.05, 4.69) is 15.4 Å². The molecule has 0 bridgehead atoms. The van der Waals surface area contributed by atoms with Crippen LogP contribution in [0.2, 0.25) is 5.02 Å². The summed E-state index contributed by atoms with van der Waals surface area (Å²) in [4.78, 5) is 29.3. The van der Waals surface area contributed by atoms with Gasteiger partial charge in [-0.2, -0.15) is 5.10 Å². The van der Waals surface area contributed by atoms with E-state index in [-0.39, 0.29) is 30.2 Å². The van der Waals surface area contributed by atoms with Crippen molar-refractivity contribution in [3.05, 3.63) is 93.4 Å². The molecule has 31 heavy (non-hydrogen) atoms. The maximum atomic E-state index is 13.1. The number of halogens is 2. The van der Waals surface area contributed by atoms with E-state index in [4.69, 9.17) is 11.6 Å². The first-order valence-corrected chi connectivity index (χ1v) is 10.0. The van der Waals surface area contributed by atoms with Crippen LogP contribution < -0.4 is 10.9 Å². The molecule has 4 rings (SSSR count). The van der Waals surface area contributed by atoms with E-state index < -0.39 is 0 Å². The van der Waals surface area contributed by atoms with Crippen molar-refractivity contribution < 1.29 is 9.18 Å². The van der Waals surface area contributed by atoms with Gasteiger partial charge in [0.05, 0.1) is 25.7 Å². The molecule has 7 nitrogen and oxygen atoms in total. The van der Waals surface area contributed by atoms with Crippen molar-refractivity contribution in [2.75, 3.05) is 6.54 Å². The zero-order valence-electron chi connectivity index (χ0n) is 16.5. The number of amides is 1. The number of hydrogen-bond acceptors (Lipinski definition) is 4. The van der Waals surface area contributed by atoms with Gasteiger partial charge in [-0.25, -0.2) is 14.1 Å². The quantitative estimate of drug-likeness (QED) is 0.480. The summed E-state index contributed by atoms with van der Waals surface area (Å²) < 4.78 is 16.1. The predicted molar refractivity (Wildman–Crippen MR) is 115 cm³/mol. The van der Waals surface area contributed by atoms with E-state index in [9.17, 15) is 14.0 Å². The van der Waals surface area contributed by atoms with Gasteiger partial charge in [0.25, 0.3) is 5.56 Å². The Morgan fingerprint density at radius 3 is 2.68 bits per heavy atom. The zero-order valence-corrected chi connectivity index (χ0v) is 17.2. The van der Waals surface area contributed by atoms with Crippen LogP contribution in [0, 0.1) is 5.82 Å². The van der Waals surface area contributed by atoms with Gasteiger partial charge in [0.1, 0.15) is 17.5 Å². The molecule has 0 aliphatic carbocycles. The Kier molecular flexibility index (Phi) is 6.08. The summed E-state index contributed by atoms with van der Waals surface area (Å²) in [5.41, 5.74) is 1.76. The van der Waals surface area contributed by atoms with E-state index in [1.165, 1.54) is 29.2 Å². The molecule has 0 atom stereocenters. The highest BCUT2D eigenvalue weighted by Crippen LogP contribution is 2.15. The Labute approximate surface area is 182 Å². The fourth-order valence-corrected chi connectivity index (χ4v) is 3.44. The molecule has 0 spiro atoms. The maximum absolute atomic E-state index is 13.1. The Bertz CT molecular complexity index is 1280. The van der Waals surface area contributed by atoms with Crippen LogP contribution in [0.25, 0.3) is 11.0 Å². The number of fused-ring (bicyclic) bond motifs is 1. The first-order valence-electron chi connectivity index (χ1n) is 9.67. The Morgan fingerprint density at radius 1 is 1.13 bits per heavy atom. The van der Waals surface area contributed by atoms with Gasteiger partial charge in [-0.05, 0) is 29.3 Å². The molecular weight excluding hydrogens is 421 g/mol. The van der Waals surface area contributed by atoms with E-state index in [1.54, 1.807) is 22.9 Å². The summed E-state index contributed by atoms with van der Waals surface area (Å²) in [6.07, 6.45) is 3.10. The van der Waals surface area contributed by atoms with Gasteiger partial charge in [-0.15, -0.1) is 0 Å². The maximum Gasteiger partial charge on any atom is 0.264 e. The number of nitrogens with one attached hydrogen (secondary N) is 1. The summed E-state index contributed by atoms with van der Waals surface area (Å²) in [6.45, 7) is 0.984. The minimum Gasteiger partial charge on any atom is -0.354 e. The largest absolute Gasteiger partial charge is 0.354 e. The molecule has 0 aliphatic rings. The topological polar surface area (TPSA) is 81.8 Å². The molecule has 0 unspecified atom stereocenters. The highest BCUT2D eigenvalue weighted by molar-refractivity contribution is 6.31. The SMILES string of the molecule is O=C(Cc1ccccc1Cl)NCCn1ncc2c(=O)n(Cc3ccc(F)cc3)cnc21. The lowest BCUT2D eigenvalue weighted by Crippen LogP contribution is -2.29. The van der Waals surface area contributed by atoms with Crippen molar-refractivity contribution in [1.82, 2.24) is 24.6 Å². The van der Waals surface area contributed by atoms with Crippen molar-refractivity contribution in [3.63, 3.8) is 0 Å². The van der Waals surface area contributed by atoms with Gasteiger partial charge in [0.2, 0.25) is 5.91 Å². The van der Waals surface area contributed by atoms with Crippen molar-refractivity contribution in [1.29, 1.82) is 0 Å². The fraction of sp³-hybridized carbons (Fsp3) is 0.182. The Balaban J connectivity index is 1.40. The molecule has 0 radical (unpaired) electrons. The van der Waals surface area contributed by atoms with Crippen LogP contribution in [0.4, 0.5) is 4.39 Å². The zero-order chi connectivity index (χ0) is 21.8. The second kappa shape index (κ2) is 9.09. The van der Waals surface area contributed by atoms with E-state index in [0.717, 1.165) is 11.1 Å². The van der Waals surface area contributed by atoms with Crippen LogP contribution in [-0.4, -0.2) is 31.8 Å². The molecule has 0 aliphatic heterocycles. The number of carbonyl (C=O) groups excluding carboxylic acids is 1. The van der Waals surface area contributed by atoms with E-state index in [1.807, 2.05) is 18.2 Å². The van der Waals surface area contributed by atoms with Crippen molar-refractivity contribution in [2.45, 2.75) is 19.5 Å². The number of benzene rings is 2. The summed E-state index contributed by atoms with van der Waals surface area (Å²) in [6, 6.07) is 13.2. The number of nitrogens with zero attached hydrogens (tertiary/aromatic N) is 4. The van der Waals surface area contributed by atoms with Crippen LogP contribution in [0.5, 0.6) is 0 Å². The second-order valence-corrected chi connectivity index (χ2v) is 7.43. The molecule has 1 N–H and O–H groups in total. The highest BCUT2D eigenvalue weighted by atomic mass is 35.5. The number of hydrogen-bond donors (Lipinski definition) is 1. The lowest BCUT2D eigenvalue weighted by molar-refractivity contribution is -0.120. The highest BCUT2D eigenvalue weighted by Gasteiger charge is 2.11. The van der Waals surface area contributed by atoms with Crippen molar-refractivity contribution in [2.24, 2.45) is 0 Å². The molecule has 2 aromatic heterocycles. The number of carbonyl (C=O) groups is 1. The van der Waals surface area contributed by atoms with Gasteiger partial charge in [-0.3, -0.25) is 14.2 Å². The van der Waals surface area contributed by atoms with Gasteiger partial charge in [0.15, 0.2) is 5.65 Å². The van der Waals surface area contributed by atoms with Crippen LogP contribution in [0.1, 0.15) is 11.1 Å². The minimum absolute atomic E-state index is 0.154. The molecule has 4 aromatic rings. The monoisotopic (exact) mass is 439 g/mol. The molecule has 0 saturated carbocycles. The predicted octanol–water partition coefficient (Wildman–Crippen LogP) is 2.79. The average molecular weight is 440 g/mol. The van der Waals surface area contributed by atoms with Crippen molar-refractivity contribution >= 4 is 28.5 Å². The van der Waals surface area contributed by atoms with Crippen LogP contribution in [0.15, 0.2) is 65.8 Å². The Hall–Kier alpha value is -3.52. The second-order valence-electron chi connectivity index (χ2n) is 7.03. The molecule has 158 valence electrons. The summed E-state index contributed by atoms with van der Waals surface area (Å²) in [7, 11) is 0. The number of rotatable bonds is 7. The third-order valence-electron chi connectivity index (χ3n) is 4.84. The van der Waals surface area contributed by atoms with Crippen LogP contribution in [0.3, 0.4) is 0 Å². The third kappa shape index (κ3) is 4.80. The lowest BCUT2D eigenvalue weighted by atomic mass is 10.1. The van der Waals surface area contributed by atoms with E-state index >= 15 is 0 Å². The van der Waals surface area contributed by atoms with Crippen LogP contribution in [-0.2, 0) is 24.3 Å². The summed E-state index contributed by atoms with van der Waals surface area (Å²) in [5.74, 6) is -0.482. The standard InChI is InChI=1S/C22H19ClFN5O2/c23-19-4-2-1-3-16(19)11-20(30)25-9-10-29-21-18(12-27-29)22(31)28(14-26-21)13-15-5-7-17(24)8-6-15/h1-8,12,14H,9-11,13H2,(H,25,30). The third-order valence-corrected chi connectivity index (χ3v) is 5.21. The normalized spacial score (nSPS) is 11.0. The summed E-state index contributed by atoms with van der Waals surface area (Å²) >= 11 is 6.08. The van der Waals surface area contributed by atoms with Crippen molar-refractivity contribution in [3.8, 4) is 0 Å². The van der Waals surface area contributed by atoms with Gasteiger partial charge < -0.3 is 5.32 Å². The molecule has 2 heterocycles. The molecule has 9 heteroatoms. The van der Waals surface area contributed by atoms with E-state index in [0.29, 0.717) is 29.1 Å². The minimum atomic E-state index is -0.329. The smallest absolute Gasteiger partial charge is 0.264 e. The molecular formula is C22H19ClFN5O2. The Morgan fingerprint density at radius 2 is 1.90 bits per heavy atom. The summed E-state index contributed by atoms with van der Waals surface area (Å²) in [5, 5.41) is 7.99. The average Bonchev–Trinajstić information content (AvgIpc) is 3.17.